The molecule has 0 aliphatic carbocycles. The number of carbonyl (C=O) groups is 3. The number of aryl methyl sites for hydroxylation is 1. The molecule has 0 amide bonds. The number of nitrogens with two attached hydrogens (primary N) is 1. The Morgan fingerprint density at radius 2 is 0.989 bits per heavy atom. The van der Waals surface area contributed by atoms with Crippen molar-refractivity contribution in [3.63, 3.8) is 0 Å². The number of unbranched alkanes of at least 4 members (excludes halogenated alkanes) is 1. The number of nitrogens with zero attached hydrogens (tertiary/aromatic N) is 1. The molecule has 0 spiro atoms. The predicted octanol–water partition coefficient (Wildman–Crippen LogP) is 17.4. The van der Waals surface area contributed by atoms with Crippen LogP contribution in [-0.2, 0) is 47.1 Å². The number of carboxylic acids is 1. The van der Waals surface area contributed by atoms with Crippen molar-refractivity contribution < 1.29 is 48.2 Å². The lowest BCUT2D eigenvalue weighted by Gasteiger charge is -2.25. The number of ether oxygens (including phenoxy) is 5. The van der Waals surface area contributed by atoms with Gasteiger partial charge in [-0.15, -0.1) is 0 Å². The fourth-order valence-corrected chi connectivity index (χ4v) is 9.02. The largest absolute Gasteiger partial charge is 0.489 e. The van der Waals surface area contributed by atoms with E-state index >= 15 is 0 Å². The summed E-state index contributed by atoms with van der Waals surface area (Å²) >= 11 is 23.7. The Kier molecular flexibility index (Phi) is 31.7. The number of benzene rings is 8. The summed E-state index contributed by atoms with van der Waals surface area (Å²) in [5.41, 5.74) is 10.9. The minimum absolute atomic E-state index is 0. The molecule has 18 heteroatoms. The maximum atomic E-state index is 12.4. The monoisotopic (exact) mass is 1270 g/mol. The number of carboxylic acid groups (broad SMARTS) is 1. The minimum Gasteiger partial charge on any atom is -0.489 e. The molecule has 0 saturated heterocycles. The van der Waals surface area contributed by atoms with E-state index in [-0.39, 0.29) is 20.8 Å². The second-order valence-corrected chi connectivity index (χ2v) is 22.8. The lowest BCUT2D eigenvalue weighted by atomic mass is 9.86. The van der Waals surface area contributed by atoms with Crippen LogP contribution in [0.3, 0.4) is 0 Å². The molecule has 0 aliphatic heterocycles. The Morgan fingerprint density at radius 1 is 0.580 bits per heavy atom. The smallest absolute Gasteiger partial charge is 0.374 e. The van der Waals surface area contributed by atoms with Gasteiger partial charge < -0.3 is 44.8 Å². The molecule has 13 nitrogen and oxygen atoms in total. The van der Waals surface area contributed by atoms with Gasteiger partial charge in [0.05, 0.1) is 11.6 Å². The molecule has 0 unspecified atom stereocenters. The second kappa shape index (κ2) is 38.1. The summed E-state index contributed by atoms with van der Waals surface area (Å²) in [5, 5.41) is 24.6. The first-order valence-corrected chi connectivity index (χ1v) is 29.6. The van der Waals surface area contributed by atoms with Crippen LogP contribution in [0.2, 0.25) is 26.9 Å². The van der Waals surface area contributed by atoms with Crippen molar-refractivity contribution >= 4 is 71.7 Å². The van der Waals surface area contributed by atoms with Crippen LogP contribution in [-0.4, -0.2) is 64.5 Å². The van der Waals surface area contributed by atoms with Crippen molar-refractivity contribution in [2.75, 3.05) is 6.54 Å². The first kappa shape index (κ1) is 73.1. The van der Waals surface area contributed by atoms with Gasteiger partial charge in [0, 0.05) is 50.9 Å². The molecule has 0 aromatic heterocycles. The third-order valence-electron chi connectivity index (χ3n) is 12.8. The zero-order valence-electron chi connectivity index (χ0n) is 48.6. The van der Waals surface area contributed by atoms with E-state index in [1.165, 1.54) is 0 Å². The lowest BCUT2D eigenvalue weighted by molar-refractivity contribution is -0.157. The van der Waals surface area contributed by atoms with Crippen molar-refractivity contribution in [2.24, 2.45) is 5.73 Å². The summed E-state index contributed by atoms with van der Waals surface area (Å²) in [4.78, 5) is 36.8. The van der Waals surface area contributed by atoms with E-state index in [1.807, 2.05) is 154 Å². The normalized spacial score (nSPS) is 11.4. The van der Waals surface area contributed by atoms with E-state index in [2.05, 4.69) is 16.2 Å². The summed E-state index contributed by atoms with van der Waals surface area (Å²) in [6.07, 6.45) is 4.20. The molecule has 0 saturated carbocycles. The molecule has 0 bridgehead atoms. The van der Waals surface area contributed by atoms with Gasteiger partial charge in [-0.3, -0.25) is 19.3 Å². The number of aliphatic carboxylic acids is 1. The Balaban J connectivity index is 0.000000301. The standard InChI is InChI=1S/C31H30Cl2N2O4.C24H33BClNO4.C13H9ClO2.2CH4/c32-25-11-9-22(10-12-25)21-38-29-7-3-1-5-23(29)19-35(18-17-28(34)31(36)37)20-24-6-2-4-8-30(24)39-27-15-13-26(33)14-16-27;1-24(2,3)31-23(28)21(27-25(4)29)11-7-5-9-19-10-6-8-12-22(19)30-17-18-13-15-20(26)16-14-18;14-11-5-7-12(8-6-11)16-13-4-2-1-3-10(13)9-15;;/h1-16,28H,17-21,34H2,(H,36,37);6,8,10,12-16,21,27,29H,5,7,9,11,17H2,1-4H3;1-9H;2*1H4/t28-;21-;;;/m00.../s1. The molecular formula is C70H80BCl4N3O10. The third kappa shape index (κ3) is 26.5. The number of esters is 1. The van der Waals surface area contributed by atoms with Gasteiger partial charge in [0.2, 0.25) is 0 Å². The van der Waals surface area contributed by atoms with Gasteiger partial charge in [-0.2, -0.15) is 0 Å². The number of carbonyl (C=O) groups excluding carboxylic acids is 2. The predicted molar refractivity (Wildman–Crippen MR) is 358 cm³/mol. The lowest BCUT2D eigenvalue weighted by Crippen LogP contribution is -2.47. The zero-order valence-corrected chi connectivity index (χ0v) is 51.6. The van der Waals surface area contributed by atoms with Crippen LogP contribution in [0.15, 0.2) is 194 Å². The summed E-state index contributed by atoms with van der Waals surface area (Å²) < 4.78 is 29.4. The topological polar surface area (TPSA) is 179 Å². The maximum absolute atomic E-state index is 12.4. The molecule has 8 rings (SSSR count). The molecule has 0 radical (unpaired) electrons. The highest BCUT2D eigenvalue weighted by molar-refractivity contribution is 6.46. The Bertz CT molecular complexity index is 3350. The number of rotatable bonds is 27. The van der Waals surface area contributed by atoms with Gasteiger partial charge in [0.25, 0.3) is 0 Å². The Labute approximate surface area is 539 Å². The highest BCUT2D eigenvalue weighted by Gasteiger charge is 2.27. The molecule has 2 atom stereocenters. The summed E-state index contributed by atoms with van der Waals surface area (Å²) in [6, 6.07) is 58.5. The van der Waals surface area contributed by atoms with Crippen molar-refractivity contribution in [2.45, 2.75) is 119 Å². The fourth-order valence-electron chi connectivity index (χ4n) is 8.51. The average molecular weight is 1280 g/mol. The van der Waals surface area contributed by atoms with Crippen molar-refractivity contribution in [1.29, 1.82) is 0 Å². The van der Waals surface area contributed by atoms with Crippen LogP contribution < -0.4 is 29.9 Å². The molecule has 466 valence electrons. The molecule has 8 aromatic rings. The zero-order chi connectivity index (χ0) is 61.8. The highest BCUT2D eigenvalue weighted by Crippen LogP contribution is 2.31. The molecule has 0 fully saturated rings. The van der Waals surface area contributed by atoms with Gasteiger partial charge in [-0.1, -0.05) is 159 Å². The second-order valence-electron chi connectivity index (χ2n) is 21.0. The summed E-state index contributed by atoms with van der Waals surface area (Å²) in [6.45, 7) is 9.50. The molecule has 8 aromatic carbocycles. The van der Waals surface area contributed by atoms with Crippen LogP contribution in [0.1, 0.15) is 99.5 Å². The first-order valence-electron chi connectivity index (χ1n) is 28.1. The number of halogens is 4. The van der Waals surface area contributed by atoms with E-state index in [4.69, 9.17) is 75.8 Å². The van der Waals surface area contributed by atoms with Crippen LogP contribution in [0, 0.1) is 0 Å². The first-order chi connectivity index (χ1) is 41.3. The Hall–Kier alpha value is -7.37. The minimum atomic E-state index is -1.02. The van der Waals surface area contributed by atoms with Gasteiger partial charge in [-0.05, 0) is 173 Å². The average Bonchev–Trinajstić information content (AvgIpc) is 3.57. The van der Waals surface area contributed by atoms with Crippen molar-refractivity contribution in [3.05, 3.63) is 248 Å². The summed E-state index contributed by atoms with van der Waals surface area (Å²) in [7, 11) is -0.778. The van der Waals surface area contributed by atoms with Crippen molar-refractivity contribution in [1.82, 2.24) is 10.1 Å². The van der Waals surface area contributed by atoms with Gasteiger partial charge in [-0.25, -0.2) is 0 Å². The Morgan fingerprint density at radius 3 is 1.45 bits per heavy atom. The molecule has 0 aliphatic rings. The number of hydrogen-bond donors (Lipinski definition) is 4. The highest BCUT2D eigenvalue weighted by atomic mass is 35.5. The SMILES string of the molecule is C.C.CB(O)N[C@@H](CCCCc1ccccc1OCc1ccc(Cl)cc1)C(=O)OC(C)(C)C.N[C@@H](CCN(Cc1ccccc1OCc1ccc(Cl)cc1)Cc1ccccc1Oc1ccc(Cl)cc1)C(=O)O.O=Cc1ccccc1Oc1ccc(Cl)cc1. The van der Waals surface area contributed by atoms with E-state index in [1.54, 1.807) is 61.4 Å². The molecule has 5 N–H and O–H groups in total. The number of nitrogens with one attached hydrogen (secondary N) is 1. The van der Waals surface area contributed by atoms with Gasteiger partial charge in [0.15, 0.2) is 6.29 Å². The van der Waals surface area contributed by atoms with E-state index in [9.17, 15) is 24.5 Å². The summed E-state index contributed by atoms with van der Waals surface area (Å²) in [5.74, 6) is 2.84. The van der Waals surface area contributed by atoms with E-state index in [0.29, 0.717) is 94.3 Å². The molecule has 88 heavy (non-hydrogen) atoms. The fraction of sp³-hybridized carbons (Fsp3) is 0.271. The third-order valence-corrected chi connectivity index (χ3v) is 13.9. The quantitative estimate of drug-likeness (QED) is 0.0166. The van der Waals surface area contributed by atoms with Crippen LogP contribution in [0.25, 0.3) is 0 Å². The molecular weight excluding hydrogens is 1200 g/mol. The van der Waals surface area contributed by atoms with E-state index < -0.39 is 30.7 Å². The van der Waals surface area contributed by atoms with Gasteiger partial charge in [0.1, 0.15) is 59.4 Å². The maximum Gasteiger partial charge on any atom is 0.374 e. The van der Waals surface area contributed by atoms with Gasteiger partial charge >= 0.3 is 19.0 Å². The van der Waals surface area contributed by atoms with Crippen LogP contribution >= 0.6 is 46.4 Å². The van der Waals surface area contributed by atoms with E-state index in [0.717, 1.165) is 64.9 Å². The number of hydrogen-bond acceptors (Lipinski definition) is 12. The molecule has 0 heterocycles. The van der Waals surface area contributed by atoms with Crippen molar-refractivity contribution in [3.8, 4) is 34.5 Å². The van der Waals surface area contributed by atoms with Crippen LogP contribution in [0.4, 0.5) is 0 Å². The van der Waals surface area contributed by atoms with Crippen LogP contribution in [0.5, 0.6) is 34.5 Å². The number of aldehydes is 1. The number of para-hydroxylation sites is 4.